The molecule has 0 unspecified atom stereocenters. The molecule has 0 N–H and O–H groups in total. The van der Waals surface area contributed by atoms with Gasteiger partial charge in [-0.15, -0.1) is 0 Å². The topological polar surface area (TPSA) is 9.23 Å². The van der Waals surface area contributed by atoms with Gasteiger partial charge < -0.3 is 0 Å². The van der Waals surface area contributed by atoms with E-state index in [4.69, 9.17) is 4.43 Å². The van der Waals surface area contributed by atoms with Crippen molar-refractivity contribution in [2.75, 3.05) is 6.61 Å². The second kappa shape index (κ2) is 12.8. The van der Waals surface area contributed by atoms with E-state index >= 15 is 0 Å². The van der Waals surface area contributed by atoms with Crippen molar-refractivity contribution in [3.8, 4) is 11.5 Å². The van der Waals surface area contributed by atoms with Crippen molar-refractivity contribution < 1.29 is 4.43 Å². The first-order chi connectivity index (χ1) is 13.9. The van der Waals surface area contributed by atoms with E-state index in [0.717, 1.165) is 6.61 Å². The van der Waals surface area contributed by atoms with E-state index in [-0.39, 0.29) is 0 Å². The van der Waals surface area contributed by atoms with Gasteiger partial charge in [0.2, 0.25) is 0 Å². The fraction of sp³-hybridized carbons (Fsp3) is 0.846. The summed E-state index contributed by atoms with van der Waals surface area (Å²) in [5, 5.41) is 0. The van der Waals surface area contributed by atoms with Gasteiger partial charge in [0, 0.05) is 0 Å². The van der Waals surface area contributed by atoms with Gasteiger partial charge in [-0.3, -0.25) is 0 Å². The van der Waals surface area contributed by atoms with Crippen molar-refractivity contribution >= 4 is 53.1 Å². The van der Waals surface area contributed by atoms with Gasteiger partial charge >= 0.3 is 210 Å². The molecule has 0 aliphatic carbocycles. The molecule has 31 heavy (non-hydrogen) atoms. The van der Waals surface area contributed by atoms with Crippen molar-refractivity contribution in [1.29, 1.82) is 0 Å². The molecule has 182 valence electrons. The standard InChI is InChI=1S/C20H38OSi2.6CH3.2Sn/c1-10-22(11-2,12-3)21-16-14-13-15-17-23(18(4)5,19(6)7)20(8)9;;;;;;;;/h18-20H,10-12,16H2,1-9H3;6*1H3;;. The van der Waals surface area contributed by atoms with E-state index in [1.807, 2.05) is 0 Å². The Bertz CT molecular complexity index is 622. The Balaban J connectivity index is 6.84. The molecule has 1 nitrogen and oxygen atoms in total. The van der Waals surface area contributed by atoms with E-state index in [2.05, 4.69) is 103 Å². The van der Waals surface area contributed by atoms with Crippen LogP contribution in [0.1, 0.15) is 62.3 Å². The Kier molecular flexibility index (Phi) is 13.4. The van der Waals surface area contributed by atoms with Crippen LogP contribution in [0.25, 0.3) is 0 Å². The van der Waals surface area contributed by atoms with Gasteiger partial charge in [0.25, 0.3) is 0 Å². The predicted octanol–water partition coefficient (Wildman–Crippen LogP) is 9.28. The maximum absolute atomic E-state index is 6.93. The average molecular weight is 678 g/mol. The van der Waals surface area contributed by atoms with Crippen molar-refractivity contribution in [3.05, 3.63) is 7.18 Å². The molecule has 0 aromatic heterocycles. The third-order valence-electron chi connectivity index (χ3n) is 7.68. The van der Waals surface area contributed by atoms with Gasteiger partial charge in [0.05, 0.1) is 0 Å². The number of hydrogen-bond donors (Lipinski definition) is 0. The summed E-state index contributed by atoms with van der Waals surface area (Å²) in [4.78, 5) is 15.5. The van der Waals surface area contributed by atoms with Gasteiger partial charge in [0.15, 0.2) is 0 Å². The molecule has 0 amide bonds. The monoisotopic (exact) mass is 680 g/mol. The van der Waals surface area contributed by atoms with Gasteiger partial charge in [-0.05, 0) is 0 Å². The summed E-state index contributed by atoms with van der Waals surface area (Å²) in [5.41, 5.74) is 6.17. The SMILES string of the molecule is CC[Si](CC)(CC)OC/[C](=[C](/C#C[Si](C(C)C)(C(C)C)C(C)C)[Sn]([CH3])([CH3])[CH3])[Sn]([CH3])([CH3])[CH3]. The van der Waals surface area contributed by atoms with E-state index in [1.54, 1.807) is 7.18 Å². The Morgan fingerprint density at radius 3 is 1.35 bits per heavy atom. The minimum atomic E-state index is -2.41. The van der Waals surface area contributed by atoms with Crippen molar-refractivity contribution in [2.24, 2.45) is 0 Å². The molecule has 0 atom stereocenters. The molecule has 0 aromatic carbocycles. The number of hydrogen-bond acceptors (Lipinski definition) is 1. The zero-order chi connectivity index (χ0) is 24.8. The summed E-state index contributed by atoms with van der Waals surface area (Å²) >= 11 is -4.78. The van der Waals surface area contributed by atoms with Crippen molar-refractivity contribution in [2.45, 2.75) is 127 Å². The minimum absolute atomic E-state index is 0.689. The van der Waals surface area contributed by atoms with Crippen LogP contribution in [0.4, 0.5) is 0 Å². The van der Waals surface area contributed by atoms with Crippen LogP contribution in [0.3, 0.4) is 0 Å². The first kappa shape index (κ1) is 32.3. The van der Waals surface area contributed by atoms with Gasteiger partial charge in [-0.1, -0.05) is 0 Å². The molecule has 0 aromatic rings. The molecular weight excluding hydrogens is 622 g/mol. The summed E-state index contributed by atoms with van der Waals surface area (Å²) in [6, 6.07) is 3.70. The number of rotatable bonds is 11. The predicted molar refractivity (Wildman–Crippen MR) is 156 cm³/mol. The molecule has 0 saturated carbocycles. The molecule has 0 saturated heterocycles. The molecule has 0 fully saturated rings. The molecule has 0 rings (SSSR count). The van der Waals surface area contributed by atoms with Crippen molar-refractivity contribution in [3.63, 3.8) is 0 Å². The normalized spacial score (nSPS) is 14.8. The van der Waals surface area contributed by atoms with Crippen LogP contribution in [0.15, 0.2) is 7.18 Å². The van der Waals surface area contributed by atoms with Crippen LogP contribution < -0.4 is 0 Å². The third-order valence-corrected chi connectivity index (χ3v) is 32.4. The maximum atomic E-state index is 6.93. The number of allylic oxidation sites excluding steroid dienone is 1. The van der Waals surface area contributed by atoms with Gasteiger partial charge in [-0.2, -0.15) is 0 Å². The van der Waals surface area contributed by atoms with E-state index in [1.165, 1.54) is 18.1 Å². The average Bonchev–Trinajstić information content (AvgIpc) is 2.61. The summed E-state index contributed by atoms with van der Waals surface area (Å²) in [5.74, 6) is 4.01. The second-order valence-electron chi connectivity index (χ2n) is 12.5. The fourth-order valence-electron chi connectivity index (χ4n) is 5.26. The third kappa shape index (κ3) is 8.47. The van der Waals surface area contributed by atoms with Crippen molar-refractivity contribution in [1.82, 2.24) is 0 Å². The van der Waals surface area contributed by atoms with E-state index in [9.17, 15) is 0 Å². The molecule has 0 bridgehead atoms. The Labute approximate surface area is 207 Å². The van der Waals surface area contributed by atoms with Gasteiger partial charge in [-0.25, -0.2) is 0 Å². The molecular formula is C26H56OSi2Sn2. The van der Waals surface area contributed by atoms with Crippen LogP contribution >= 0.6 is 0 Å². The van der Waals surface area contributed by atoms with E-state index in [0.29, 0.717) is 16.6 Å². The van der Waals surface area contributed by atoms with Crippen LogP contribution in [0.2, 0.25) is 64.4 Å². The van der Waals surface area contributed by atoms with Crippen LogP contribution in [-0.4, -0.2) is 59.8 Å². The quantitative estimate of drug-likeness (QED) is 0.157. The van der Waals surface area contributed by atoms with Crippen LogP contribution in [0, 0.1) is 11.5 Å². The zero-order valence-electron chi connectivity index (χ0n) is 24.0. The Hall–Kier alpha value is 1.29. The molecule has 0 radical (unpaired) electrons. The summed E-state index contributed by atoms with van der Waals surface area (Å²) in [6.07, 6.45) is 0. The Morgan fingerprint density at radius 2 is 1.10 bits per heavy atom. The van der Waals surface area contributed by atoms with Crippen LogP contribution in [0.5, 0.6) is 0 Å². The Morgan fingerprint density at radius 1 is 0.710 bits per heavy atom. The summed E-state index contributed by atoms with van der Waals surface area (Å²) in [7, 11) is -3.32. The zero-order valence-corrected chi connectivity index (χ0v) is 31.7. The molecule has 0 aliphatic rings. The molecule has 0 heterocycles. The van der Waals surface area contributed by atoms with Gasteiger partial charge in [0.1, 0.15) is 0 Å². The first-order valence-corrected chi connectivity index (χ1v) is 37.6. The second-order valence-corrected chi connectivity index (χ2v) is 51.7. The summed E-state index contributed by atoms with van der Waals surface area (Å²) in [6.45, 7) is 22.5. The van der Waals surface area contributed by atoms with E-state index < -0.39 is 53.1 Å². The van der Waals surface area contributed by atoms with Crippen LogP contribution in [-0.2, 0) is 4.43 Å². The molecule has 5 heteroatoms. The molecule has 0 aliphatic heterocycles. The fourth-order valence-corrected chi connectivity index (χ4v) is 36.0. The molecule has 0 spiro atoms. The summed E-state index contributed by atoms with van der Waals surface area (Å²) < 4.78 is 10.3. The first-order valence-electron chi connectivity index (χ1n) is 12.9.